The number of carbonyl (C=O) groups is 1. The topological polar surface area (TPSA) is 84.9 Å². The summed E-state index contributed by atoms with van der Waals surface area (Å²) < 4.78 is 38.2. The molecule has 150 valence electrons. The van der Waals surface area contributed by atoms with Crippen molar-refractivity contribution >= 4 is 16.0 Å². The van der Waals surface area contributed by atoms with Crippen LogP contribution in [-0.4, -0.2) is 59.2 Å². The predicted octanol–water partition coefficient (Wildman–Crippen LogP) is 1.82. The van der Waals surface area contributed by atoms with Gasteiger partial charge in [-0.3, -0.25) is 4.90 Å². The highest BCUT2D eigenvalue weighted by Gasteiger charge is 2.25. The van der Waals surface area contributed by atoms with Gasteiger partial charge in [0.1, 0.15) is 0 Å². The molecule has 0 bridgehead atoms. The molecule has 1 atom stereocenters. The Hall–Kier alpha value is -2.26. The number of morpholine rings is 1. The van der Waals surface area contributed by atoms with Crippen molar-refractivity contribution < 1.29 is 22.7 Å². The number of hydrogen-bond acceptors (Lipinski definition) is 6. The van der Waals surface area contributed by atoms with E-state index in [-0.39, 0.29) is 17.5 Å². The Bertz CT molecular complexity index is 879. The summed E-state index contributed by atoms with van der Waals surface area (Å²) in [6.07, 6.45) is 0. The maximum absolute atomic E-state index is 12.7. The zero-order chi connectivity index (χ0) is 20.0. The number of esters is 1. The van der Waals surface area contributed by atoms with E-state index in [2.05, 4.69) is 14.4 Å². The molecule has 8 heteroatoms. The van der Waals surface area contributed by atoms with Gasteiger partial charge in [-0.15, -0.1) is 0 Å². The molecule has 0 radical (unpaired) electrons. The summed E-state index contributed by atoms with van der Waals surface area (Å²) in [6, 6.07) is 15.4. The smallest absolute Gasteiger partial charge is 0.337 e. The molecule has 1 unspecified atom stereocenters. The Labute approximate surface area is 165 Å². The Balaban J connectivity index is 1.75. The van der Waals surface area contributed by atoms with Gasteiger partial charge in [0.2, 0.25) is 10.0 Å². The number of nitrogens with one attached hydrogen (secondary N) is 1. The van der Waals surface area contributed by atoms with Crippen molar-refractivity contribution in [3.63, 3.8) is 0 Å². The van der Waals surface area contributed by atoms with E-state index >= 15 is 0 Å². The van der Waals surface area contributed by atoms with Crippen molar-refractivity contribution in [3.05, 3.63) is 65.7 Å². The molecule has 1 aliphatic heterocycles. The first-order valence-corrected chi connectivity index (χ1v) is 10.5. The van der Waals surface area contributed by atoms with Crippen LogP contribution >= 0.6 is 0 Å². The zero-order valence-corrected chi connectivity index (χ0v) is 16.5. The molecular weight excluding hydrogens is 380 g/mol. The number of methoxy groups -OCH3 is 1. The SMILES string of the molecule is COC(=O)c1ccc(S(=O)(=O)NCC(c2ccccc2)N2CCOCC2)cc1. The Morgan fingerprint density at radius 1 is 1.11 bits per heavy atom. The molecule has 0 aromatic heterocycles. The quantitative estimate of drug-likeness (QED) is 0.709. The third kappa shape index (κ3) is 4.96. The van der Waals surface area contributed by atoms with Gasteiger partial charge in [0.05, 0.1) is 30.8 Å². The van der Waals surface area contributed by atoms with E-state index in [0.29, 0.717) is 18.8 Å². The van der Waals surface area contributed by atoms with Crippen molar-refractivity contribution in [2.45, 2.75) is 10.9 Å². The van der Waals surface area contributed by atoms with Crippen LogP contribution < -0.4 is 4.72 Å². The summed E-state index contributed by atoms with van der Waals surface area (Å²) >= 11 is 0. The van der Waals surface area contributed by atoms with E-state index in [4.69, 9.17) is 4.74 Å². The normalized spacial score (nSPS) is 16.5. The summed E-state index contributed by atoms with van der Waals surface area (Å²) in [7, 11) is -2.43. The minimum Gasteiger partial charge on any atom is -0.465 e. The fourth-order valence-electron chi connectivity index (χ4n) is 3.18. The molecule has 7 nitrogen and oxygen atoms in total. The van der Waals surface area contributed by atoms with Crippen molar-refractivity contribution in [2.24, 2.45) is 0 Å². The van der Waals surface area contributed by atoms with Crippen LogP contribution in [0.25, 0.3) is 0 Å². The lowest BCUT2D eigenvalue weighted by molar-refractivity contribution is 0.0172. The van der Waals surface area contributed by atoms with Crippen molar-refractivity contribution in [3.8, 4) is 0 Å². The Morgan fingerprint density at radius 3 is 2.36 bits per heavy atom. The standard InChI is InChI=1S/C20H24N2O5S/c1-26-20(23)17-7-9-18(10-8-17)28(24,25)21-15-19(16-5-3-2-4-6-16)22-11-13-27-14-12-22/h2-10,19,21H,11-15H2,1H3. The molecule has 1 fully saturated rings. The molecule has 2 aromatic rings. The fraction of sp³-hybridized carbons (Fsp3) is 0.350. The minimum atomic E-state index is -3.71. The predicted molar refractivity (Wildman–Crippen MR) is 105 cm³/mol. The number of nitrogens with zero attached hydrogens (tertiary/aromatic N) is 1. The largest absolute Gasteiger partial charge is 0.465 e. The van der Waals surface area contributed by atoms with E-state index in [0.717, 1.165) is 18.7 Å². The Kier molecular flexibility index (Phi) is 6.79. The molecule has 3 rings (SSSR count). The molecule has 2 aromatic carbocycles. The average Bonchev–Trinajstić information content (AvgIpc) is 2.75. The molecule has 28 heavy (non-hydrogen) atoms. The molecule has 1 aliphatic rings. The highest BCUT2D eigenvalue weighted by molar-refractivity contribution is 7.89. The maximum Gasteiger partial charge on any atom is 0.337 e. The summed E-state index contributed by atoms with van der Waals surface area (Å²) in [5.74, 6) is -0.506. The van der Waals surface area contributed by atoms with Gasteiger partial charge in [-0.25, -0.2) is 17.9 Å². The number of benzene rings is 2. The first kappa shape index (κ1) is 20.5. The first-order valence-electron chi connectivity index (χ1n) is 9.06. The van der Waals surface area contributed by atoms with E-state index in [1.54, 1.807) is 0 Å². The van der Waals surface area contributed by atoms with Crippen LogP contribution in [0.3, 0.4) is 0 Å². The summed E-state index contributed by atoms with van der Waals surface area (Å²) in [5, 5.41) is 0. The number of carbonyl (C=O) groups excluding carboxylic acids is 1. The second-order valence-electron chi connectivity index (χ2n) is 6.44. The summed E-state index contributed by atoms with van der Waals surface area (Å²) in [5.41, 5.74) is 1.35. The van der Waals surface area contributed by atoms with Gasteiger partial charge in [-0.1, -0.05) is 30.3 Å². The fourth-order valence-corrected chi connectivity index (χ4v) is 4.22. The molecule has 1 N–H and O–H groups in total. The highest BCUT2D eigenvalue weighted by atomic mass is 32.2. The lowest BCUT2D eigenvalue weighted by atomic mass is 10.1. The third-order valence-electron chi connectivity index (χ3n) is 4.72. The summed E-state index contributed by atoms with van der Waals surface area (Å²) in [4.78, 5) is 13.8. The van der Waals surface area contributed by atoms with Gasteiger partial charge in [-0.05, 0) is 29.8 Å². The van der Waals surface area contributed by atoms with E-state index < -0.39 is 16.0 Å². The molecular formula is C20H24N2O5S. The van der Waals surface area contributed by atoms with Crippen LogP contribution in [0.2, 0.25) is 0 Å². The van der Waals surface area contributed by atoms with Gasteiger partial charge in [0, 0.05) is 25.7 Å². The van der Waals surface area contributed by atoms with Crippen LogP contribution in [0.15, 0.2) is 59.5 Å². The van der Waals surface area contributed by atoms with Crippen molar-refractivity contribution in [2.75, 3.05) is 40.0 Å². The molecule has 0 amide bonds. The van der Waals surface area contributed by atoms with Gasteiger partial charge < -0.3 is 9.47 Å². The van der Waals surface area contributed by atoms with E-state index in [1.165, 1.54) is 31.4 Å². The number of ether oxygens (including phenoxy) is 2. The molecule has 0 saturated carbocycles. The van der Waals surface area contributed by atoms with Gasteiger partial charge in [0.25, 0.3) is 0 Å². The minimum absolute atomic E-state index is 0.0887. The number of hydrogen-bond donors (Lipinski definition) is 1. The van der Waals surface area contributed by atoms with Crippen LogP contribution in [-0.2, 0) is 19.5 Å². The average molecular weight is 404 g/mol. The Morgan fingerprint density at radius 2 is 1.75 bits per heavy atom. The van der Waals surface area contributed by atoms with Crippen LogP contribution in [0.4, 0.5) is 0 Å². The monoisotopic (exact) mass is 404 g/mol. The number of rotatable bonds is 7. The second-order valence-corrected chi connectivity index (χ2v) is 8.21. The molecule has 1 heterocycles. The summed E-state index contributed by atoms with van der Waals surface area (Å²) in [6.45, 7) is 2.99. The van der Waals surface area contributed by atoms with Crippen molar-refractivity contribution in [1.29, 1.82) is 0 Å². The van der Waals surface area contributed by atoms with Gasteiger partial charge in [0.15, 0.2) is 0 Å². The molecule has 0 aliphatic carbocycles. The maximum atomic E-state index is 12.7. The van der Waals surface area contributed by atoms with Crippen LogP contribution in [0, 0.1) is 0 Å². The number of sulfonamides is 1. The first-order chi connectivity index (χ1) is 13.5. The lowest BCUT2D eigenvalue weighted by Gasteiger charge is -2.34. The van der Waals surface area contributed by atoms with Crippen LogP contribution in [0.1, 0.15) is 22.0 Å². The second kappa shape index (κ2) is 9.29. The van der Waals surface area contributed by atoms with Gasteiger partial charge in [-0.2, -0.15) is 0 Å². The molecule has 1 saturated heterocycles. The molecule has 0 spiro atoms. The van der Waals surface area contributed by atoms with E-state index in [9.17, 15) is 13.2 Å². The third-order valence-corrected chi connectivity index (χ3v) is 6.16. The highest BCUT2D eigenvalue weighted by Crippen LogP contribution is 2.22. The zero-order valence-electron chi connectivity index (χ0n) is 15.7. The van der Waals surface area contributed by atoms with Crippen molar-refractivity contribution in [1.82, 2.24) is 9.62 Å². The van der Waals surface area contributed by atoms with Gasteiger partial charge >= 0.3 is 5.97 Å². The lowest BCUT2D eigenvalue weighted by Crippen LogP contribution is -2.43. The van der Waals surface area contributed by atoms with E-state index in [1.807, 2.05) is 30.3 Å². The van der Waals surface area contributed by atoms with Crippen LogP contribution in [0.5, 0.6) is 0 Å².